The Kier molecular flexibility index (Phi) is 5.60. The number of aryl methyl sites for hydroxylation is 1. The summed E-state index contributed by atoms with van der Waals surface area (Å²) in [5, 5.41) is 0. The van der Waals surface area contributed by atoms with Gasteiger partial charge in [-0.25, -0.2) is 0 Å². The Morgan fingerprint density at radius 1 is 0.588 bits per heavy atom. The number of hydrogen-bond acceptors (Lipinski definition) is 1. The zero-order valence-electron chi connectivity index (χ0n) is 21.1. The molecule has 0 fully saturated rings. The van der Waals surface area contributed by atoms with Crippen molar-refractivity contribution < 1.29 is 0 Å². The van der Waals surface area contributed by atoms with Gasteiger partial charge in [0.1, 0.15) is 0 Å². The summed E-state index contributed by atoms with van der Waals surface area (Å²) in [4.78, 5) is 2.38. The standard InChI is InChI=1S/C33H35N/c1-24-15-18-27(19-16-24)34(26-11-7-6-8-12-26)31-14-10-9-13-28(31)25-17-20-29-30(23-25)33(4,5)22-21-32(29,2)3/h6-20,23H,21-22H2,1-5H3. The second-order valence-electron chi connectivity index (χ2n) is 11.1. The van der Waals surface area contributed by atoms with Crippen LogP contribution in [-0.4, -0.2) is 0 Å². The summed E-state index contributed by atoms with van der Waals surface area (Å²) < 4.78 is 0. The van der Waals surface area contributed by atoms with E-state index in [1.54, 1.807) is 0 Å². The number of fused-ring (bicyclic) bond motifs is 1. The molecule has 4 aromatic carbocycles. The van der Waals surface area contributed by atoms with Gasteiger partial charge in [0.25, 0.3) is 0 Å². The summed E-state index contributed by atoms with van der Waals surface area (Å²) in [6, 6.07) is 35.5. The third-order valence-corrected chi connectivity index (χ3v) is 7.62. The molecule has 0 N–H and O–H groups in total. The van der Waals surface area contributed by atoms with Crippen LogP contribution < -0.4 is 4.90 Å². The number of benzene rings is 4. The van der Waals surface area contributed by atoms with Gasteiger partial charge in [0.05, 0.1) is 5.69 Å². The van der Waals surface area contributed by atoms with E-state index in [4.69, 9.17) is 0 Å². The molecule has 0 aromatic heterocycles. The molecule has 0 saturated carbocycles. The van der Waals surface area contributed by atoms with E-state index in [1.807, 2.05) is 0 Å². The van der Waals surface area contributed by atoms with Crippen LogP contribution in [0, 0.1) is 6.92 Å². The predicted molar refractivity (Wildman–Crippen MR) is 147 cm³/mol. The topological polar surface area (TPSA) is 3.24 Å². The molecule has 0 aliphatic heterocycles. The van der Waals surface area contributed by atoms with Gasteiger partial charge in [-0.2, -0.15) is 0 Å². The van der Waals surface area contributed by atoms with Crippen molar-refractivity contribution in [2.75, 3.05) is 4.90 Å². The molecule has 0 bridgehead atoms. The molecule has 0 atom stereocenters. The first kappa shape index (κ1) is 22.5. The summed E-state index contributed by atoms with van der Waals surface area (Å²) in [6.07, 6.45) is 2.45. The minimum atomic E-state index is 0.186. The van der Waals surface area contributed by atoms with Crippen LogP contribution in [-0.2, 0) is 10.8 Å². The van der Waals surface area contributed by atoms with E-state index < -0.39 is 0 Å². The largest absolute Gasteiger partial charge is 0.310 e. The van der Waals surface area contributed by atoms with Crippen molar-refractivity contribution in [1.29, 1.82) is 0 Å². The van der Waals surface area contributed by atoms with Gasteiger partial charge in [0.15, 0.2) is 0 Å². The van der Waals surface area contributed by atoms with E-state index in [0.717, 1.165) is 0 Å². The van der Waals surface area contributed by atoms with Crippen molar-refractivity contribution in [3.05, 3.63) is 114 Å². The highest BCUT2D eigenvalue weighted by atomic mass is 15.1. The molecular formula is C33H35N. The molecular weight excluding hydrogens is 410 g/mol. The molecule has 34 heavy (non-hydrogen) atoms. The molecule has 5 rings (SSSR count). The van der Waals surface area contributed by atoms with Gasteiger partial charge < -0.3 is 4.90 Å². The second-order valence-corrected chi connectivity index (χ2v) is 11.1. The first-order valence-corrected chi connectivity index (χ1v) is 12.4. The Balaban J connectivity index is 1.70. The summed E-state index contributed by atoms with van der Waals surface area (Å²) >= 11 is 0. The number of rotatable bonds is 4. The van der Waals surface area contributed by atoms with Gasteiger partial charge in [0.2, 0.25) is 0 Å². The maximum Gasteiger partial charge on any atom is 0.0540 e. The third-order valence-electron chi connectivity index (χ3n) is 7.62. The Bertz CT molecular complexity index is 1300. The average molecular weight is 446 g/mol. The Morgan fingerprint density at radius 2 is 1.18 bits per heavy atom. The van der Waals surface area contributed by atoms with Crippen LogP contribution in [0.4, 0.5) is 17.1 Å². The lowest BCUT2D eigenvalue weighted by Gasteiger charge is -2.42. The SMILES string of the molecule is Cc1ccc(N(c2ccccc2)c2ccccc2-c2ccc3c(c2)C(C)(C)CCC3(C)C)cc1. The molecule has 0 saturated heterocycles. The van der Waals surface area contributed by atoms with E-state index in [9.17, 15) is 0 Å². The fraction of sp³-hybridized carbons (Fsp3) is 0.273. The Labute approximate surface area is 205 Å². The van der Waals surface area contributed by atoms with Crippen molar-refractivity contribution in [3.63, 3.8) is 0 Å². The molecule has 1 nitrogen and oxygen atoms in total. The highest BCUT2D eigenvalue weighted by molar-refractivity contribution is 5.88. The van der Waals surface area contributed by atoms with Gasteiger partial charge >= 0.3 is 0 Å². The second kappa shape index (κ2) is 8.47. The molecule has 0 heterocycles. The van der Waals surface area contributed by atoms with Crippen LogP contribution in [0.15, 0.2) is 97.1 Å². The van der Waals surface area contributed by atoms with E-state index in [2.05, 4.69) is 137 Å². The quantitative estimate of drug-likeness (QED) is 0.302. The number of nitrogens with zero attached hydrogens (tertiary/aromatic N) is 1. The smallest absolute Gasteiger partial charge is 0.0540 e. The number of hydrogen-bond donors (Lipinski definition) is 0. The van der Waals surface area contributed by atoms with Gasteiger partial charge in [-0.05, 0) is 77.6 Å². The fourth-order valence-corrected chi connectivity index (χ4v) is 5.37. The minimum absolute atomic E-state index is 0.186. The van der Waals surface area contributed by atoms with Crippen molar-refractivity contribution in [3.8, 4) is 11.1 Å². The minimum Gasteiger partial charge on any atom is -0.310 e. The van der Waals surface area contributed by atoms with Crippen molar-refractivity contribution in [1.82, 2.24) is 0 Å². The molecule has 0 amide bonds. The van der Waals surface area contributed by atoms with Gasteiger partial charge in [-0.3, -0.25) is 0 Å². The lowest BCUT2D eigenvalue weighted by molar-refractivity contribution is 0.332. The summed E-state index contributed by atoms with van der Waals surface area (Å²) in [7, 11) is 0. The highest BCUT2D eigenvalue weighted by Gasteiger charge is 2.37. The number of para-hydroxylation sites is 2. The monoisotopic (exact) mass is 445 g/mol. The van der Waals surface area contributed by atoms with E-state index in [-0.39, 0.29) is 10.8 Å². The Morgan fingerprint density at radius 3 is 1.88 bits per heavy atom. The van der Waals surface area contributed by atoms with E-state index in [1.165, 1.54) is 57.7 Å². The first-order chi connectivity index (χ1) is 16.3. The summed E-state index contributed by atoms with van der Waals surface area (Å²) in [5.41, 5.74) is 10.8. The van der Waals surface area contributed by atoms with E-state index in [0.29, 0.717) is 0 Å². The maximum atomic E-state index is 2.47. The lowest BCUT2D eigenvalue weighted by atomic mass is 9.63. The van der Waals surface area contributed by atoms with Crippen molar-refractivity contribution in [2.24, 2.45) is 0 Å². The van der Waals surface area contributed by atoms with Crippen LogP contribution in [0.5, 0.6) is 0 Å². The molecule has 172 valence electrons. The third kappa shape index (κ3) is 4.05. The van der Waals surface area contributed by atoms with Crippen molar-refractivity contribution >= 4 is 17.1 Å². The highest BCUT2D eigenvalue weighted by Crippen LogP contribution is 2.48. The van der Waals surface area contributed by atoms with Crippen LogP contribution in [0.3, 0.4) is 0 Å². The summed E-state index contributed by atoms with van der Waals surface area (Å²) in [6.45, 7) is 11.7. The fourth-order valence-electron chi connectivity index (χ4n) is 5.37. The van der Waals surface area contributed by atoms with Crippen LogP contribution in [0.2, 0.25) is 0 Å². The van der Waals surface area contributed by atoms with E-state index >= 15 is 0 Å². The van der Waals surface area contributed by atoms with Crippen LogP contribution in [0.25, 0.3) is 11.1 Å². The molecule has 1 aliphatic carbocycles. The van der Waals surface area contributed by atoms with Gasteiger partial charge in [-0.1, -0.05) is 100.0 Å². The first-order valence-electron chi connectivity index (χ1n) is 12.4. The predicted octanol–water partition coefficient (Wildman–Crippen LogP) is 9.48. The molecule has 1 aliphatic rings. The normalized spacial score (nSPS) is 16.0. The van der Waals surface area contributed by atoms with Gasteiger partial charge in [0, 0.05) is 16.9 Å². The Hall–Kier alpha value is -3.32. The summed E-state index contributed by atoms with van der Waals surface area (Å²) in [5.74, 6) is 0. The molecule has 0 radical (unpaired) electrons. The maximum absolute atomic E-state index is 2.47. The average Bonchev–Trinajstić information content (AvgIpc) is 2.84. The molecule has 0 spiro atoms. The van der Waals surface area contributed by atoms with Crippen LogP contribution in [0.1, 0.15) is 57.2 Å². The molecule has 4 aromatic rings. The van der Waals surface area contributed by atoms with Crippen LogP contribution >= 0.6 is 0 Å². The zero-order valence-corrected chi connectivity index (χ0v) is 21.1. The lowest BCUT2D eigenvalue weighted by Crippen LogP contribution is -2.33. The molecule has 0 unspecified atom stereocenters. The van der Waals surface area contributed by atoms with Gasteiger partial charge in [-0.15, -0.1) is 0 Å². The van der Waals surface area contributed by atoms with Crippen molar-refractivity contribution in [2.45, 2.75) is 58.3 Å². The number of anilines is 3. The zero-order chi connectivity index (χ0) is 23.9. The molecule has 1 heteroatoms.